The van der Waals surface area contributed by atoms with E-state index < -0.39 is 29.7 Å². The van der Waals surface area contributed by atoms with Crippen molar-refractivity contribution >= 4 is 11.9 Å². The lowest BCUT2D eigenvalue weighted by Crippen LogP contribution is -2.46. The molecule has 0 spiro atoms. The number of hydrogen-bond donors (Lipinski definition) is 2. The van der Waals surface area contributed by atoms with Crippen LogP contribution in [0.3, 0.4) is 0 Å². The number of aryl methyl sites for hydroxylation is 2. The van der Waals surface area contributed by atoms with Crippen molar-refractivity contribution in [1.29, 1.82) is 0 Å². The summed E-state index contributed by atoms with van der Waals surface area (Å²) in [7, 11) is 0. The Bertz CT molecular complexity index is 1290. The van der Waals surface area contributed by atoms with Crippen molar-refractivity contribution in [3.63, 3.8) is 0 Å². The van der Waals surface area contributed by atoms with Gasteiger partial charge in [0.15, 0.2) is 0 Å². The molecule has 0 heterocycles. The van der Waals surface area contributed by atoms with Gasteiger partial charge in [-0.3, -0.25) is 4.79 Å². The van der Waals surface area contributed by atoms with E-state index in [2.05, 4.69) is 24.4 Å². The number of nitrogens with zero attached hydrogens (tertiary/aromatic N) is 1. The monoisotopic (exact) mass is 551 g/mol. The van der Waals surface area contributed by atoms with Crippen molar-refractivity contribution < 1.29 is 23.1 Å². The fraction of sp³-hybridized carbons (Fsp3) is 0.375. The summed E-state index contributed by atoms with van der Waals surface area (Å²) in [6.45, 7) is 9.53. The Labute approximate surface area is 235 Å². The van der Waals surface area contributed by atoms with Crippen LogP contribution in [0.2, 0.25) is 0 Å². The number of carbonyl (C=O) groups is 2. The number of nitrogens with one attached hydrogen (secondary N) is 1. The fourth-order valence-electron chi connectivity index (χ4n) is 4.65. The van der Waals surface area contributed by atoms with Gasteiger partial charge in [0.1, 0.15) is 17.7 Å². The zero-order chi connectivity index (χ0) is 29.2. The Balaban J connectivity index is 1.81. The maximum absolute atomic E-state index is 13.8. The predicted molar refractivity (Wildman–Crippen MR) is 153 cm³/mol. The molecule has 0 aromatic heterocycles. The van der Waals surface area contributed by atoms with Gasteiger partial charge in [-0.1, -0.05) is 31.2 Å². The van der Waals surface area contributed by atoms with Crippen LogP contribution in [0.25, 0.3) is 0 Å². The number of rotatable bonds is 13. The molecular weight excluding hydrogens is 512 g/mol. The van der Waals surface area contributed by atoms with Gasteiger partial charge < -0.3 is 20.7 Å². The van der Waals surface area contributed by atoms with E-state index in [0.717, 1.165) is 23.6 Å². The standard InChI is InChI=1S/C32H39F2N3O3/c1-5-22-9-8-10-23(13-22)19-36-20-30(29(35)16-24-14-27(33)18-28(34)15-24)40-32(39)26-12-21(4)11-25(17-26)31(38)37(6-2)7-3/h8-15,17-18,29-30,36H,5-7,16,19-20,35H2,1-4H3. The molecule has 0 saturated heterocycles. The maximum atomic E-state index is 13.8. The third-order valence-electron chi connectivity index (χ3n) is 6.81. The first kappa shape index (κ1) is 30.9. The van der Waals surface area contributed by atoms with Crippen LogP contribution in [0.4, 0.5) is 8.78 Å². The number of esters is 1. The summed E-state index contributed by atoms with van der Waals surface area (Å²) in [5.41, 5.74) is 10.5. The van der Waals surface area contributed by atoms with E-state index in [-0.39, 0.29) is 24.4 Å². The van der Waals surface area contributed by atoms with Crippen molar-refractivity contribution in [1.82, 2.24) is 10.2 Å². The van der Waals surface area contributed by atoms with Crippen LogP contribution in [0, 0.1) is 18.6 Å². The van der Waals surface area contributed by atoms with E-state index in [9.17, 15) is 18.4 Å². The Hall–Kier alpha value is -3.62. The molecule has 0 aliphatic heterocycles. The molecule has 0 aliphatic carbocycles. The van der Waals surface area contributed by atoms with E-state index in [1.54, 1.807) is 17.0 Å². The first-order chi connectivity index (χ1) is 19.1. The molecule has 0 radical (unpaired) electrons. The number of carbonyl (C=O) groups excluding carboxylic acids is 2. The van der Waals surface area contributed by atoms with E-state index in [4.69, 9.17) is 10.5 Å². The highest BCUT2D eigenvalue weighted by Gasteiger charge is 2.25. The number of amides is 1. The first-order valence-electron chi connectivity index (χ1n) is 13.7. The van der Waals surface area contributed by atoms with E-state index in [0.29, 0.717) is 30.8 Å². The number of halogens is 2. The molecule has 3 N–H and O–H groups in total. The molecule has 40 heavy (non-hydrogen) atoms. The average Bonchev–Trinajstić information content (AvgIpc) is 2.92. The molecule has 6 nitrogen and oxygen atoms in total. The molecule has 0 aliphatic rings. The van der Waals surface area contributed by atoms with E-state index >= 15 is 0 Å². The summed E-state index contributed by atoms with van der Waals surface area (Å²) in [5.74, 6) is -2.19. The van der Waals surface area contributed by atoms with Gasteiger partial charge in [-0.2, -0.15) is 0 Å². The Morgan fingerprint density at radius 2 is 1.55 bits per heavy atom. The van der Waals surface area contributed by atoms with Crippen LogP contribution in [0.1, 0.15) is 63.7 Å². The Morgan fingerprint density at radius 1 is 0.900 bits per heavy atom. The van der Waals surface area contributed by atoms with Gasteiger partial charge in [0.2, 0.25) is 0 Å². The summed E-state index contributed by atoms with van der Waals surface area (Å²) in [6.07, 6.45) is 0.202. The van der Waals surface area contributed by atoms with Gasteiger partial charge in [0.25, 0.3) is 5.91 Å². The zero-order valence-corrected chi connectivity index (χ0v) is 23.7. The smallest absolute Gasteiger partial charge is 0.338 e. The molecule has 0 saturated carbocycles. The Kier molecular flexibility index (Phi) is 11.3. The third kappa shape index (κ3) is 8.69. The largest absolute Gasteiger partial charge is 0.456 e. The molecular formula is C32H39F2N3O3. The van der Waals surface area contributed by atoms with Crippen molar-refractivity contribution in [2.75, 3.05) is 19.6 Å². The third-order valence-corrected chi connectivity index (χ3v) is 6.81. The lowest BCUT2D eigenvalue weighted by atomic mass is 10.0. The quantitative estimate of drug-likeness (QED) is 0.285. The Morgan fingerprint density at radius 3 is 2.20 bits per heavy atom. The van der Waals surface area contributed by atoms with Crippen LogP contribution in [0.15, 0.2) is 60.7 Å². The topological polar surface area (TPSA) is 84.7 Å². The minimum atomic E-state index is -0.810. The molecule has 3 aromatic rings. The summed E-state index contributed by atoms with van der Waals surface area (Å²) < 4.78 is 33.5. The normalized spacial score (nSPS) is 12.6. The van der Waals surface area contributed by atoms with Crippen LogP contribution in [-0.4, -0.2) is 48.6 Å². The summed E-state index contributed by atoms with van der Waals surface area (Å²) in [6, 6.07) is 15.6. The molecule has 3 rings (SSSR count). The molecule has 0 bridgehead atoms. The highest BCUT2D eigenvalue weighted by molar-refractivity contribution is 5.98. The van der Waals surface area contributed by atoms with Crippen LogP contribution >= 0.6 is 0 Å². The van der Waals surface area contributed by atoms with Crippen LogP contribution in [-0.2, 0) is 24.1 Å². The van der Waals surface area contributed by atoms with Crippen molar-refractivity contribution in [2.24, 2.45) is 5.73 Å². The number of nitrogens with two attached hydrogens (primary N) is 1. The highest BCUT2D eigenvalue weighted by Crippen LogP contribution is 2.17. The molecule has 1 amide bonds. The lowest BCUT2D eigenvalue weighted by molar-refractivity contribution is 0.0238. The first-order valence-corrected chi connectivity index (χ1v) is 13.7. The molecule has 2 atom stereocenters. The maximum Gasteiger partial charge on any atom is 0.338 e. The molecule has 0 fully saturated rings. The van der Waals surface area contributed by atoms with Gasteiger partial charge in [-0.25, -0.2) is 13.6 Å². The van der Waals surface area contributed by atoms with Crippen molar-refractivity contribution in [2.45, 2.75) is 59.2 Å². The number of ether oxygens (including phenoxy) is 1. The SMILES string of the molecule is CCc1cccc(CNCC(OC(=O)c2cc(C)cc(C(=O)N(CC)CC)c2)C(N)Cc2cc(F)cc(F)c2)c1. The minimum Gasteiger partial charge on any atom is -0.456 e. The number of hydrogen-bond acceptors (Lipinski definition) is 5. The van der Waals surface area contributed by atoms with Gasteiger partial charge in [0, 0.05) is 43.9 Å². The molecule has 8 heteroatoms. The summed E-state index contributed by atoms with van der Waals surface area (Å²) in [5, 5.41) is 3.30. The minimum absolute atomic E-state index is 0.0964. The van der Waals surface area contributed by atoms with Crippen molar-refractivity contribution in [3.05, 3.63) is 106 Å². The van der Waals surface area contributed by atoms with E-state index in [1.165, 1.54) is 23.8 Å². The van der Waals surface area contributed by atoms with Gasteiger partial charge >= 0.3 is 5.97 Å². The van der Waals surface area contributed by atoms with E-state index in [1.807, 2.05) is 32.9 Å². The second kappa shape index (κ2) is 14.7. The van der Waals surface area contributed by atoms with Gasteiger partial charge in [-0.15, -0.1) is 0 Å². The average molecular weight is 552 g/mol. The predicted octanol–water partition coefficient (Wildman–Crippen LogP) is 5.20. The zero-order valence-electron chi connectivity index (χ0n) is 23.7. The number of benzene rings is 3. The second-order valence-corrected chi connectivity index (χ2v) is 9.96. The molecule has 2 unspecified atom stereocenters. The highest BCUT2D eigenvalue weighted by atomic mass is 19.1. The van der Waals surface area contributed by atoms with Gasteiger partial charge in [0.05, 0.1) is 5.56 Å². The van der Waals surface area contributed by atoms with Crippen LogP contribution in [0.5, 0.6) is 0 Å². The fourth-order valence-corrected chi connectivity index (χ4v) is 4.65. The van der Waals surface area contributed by atoms with Gasteiger partial charge in [-0.05, 0) is 86.2 Å². The summed E-state index contributed by atoms with van der Waals surface area (Å²) >= 11 is 0. The molecule has 214 valence electrons. The van der Waals surface area contributed by atoms with Crippen LogP contribution < -0.4 is 11.1 Å². The molecule has 3 aromatic carbocycles. The summed E-state index contributed by atoms with van der Waals surface area (Å²) in [4.78, 5) is 27.9. The second-order valence-electron chi connectivity index (χ2n) is 9.96. The van der Waals surface area contributed by atoms with Crippen molar-refractivity contribution in [3.8, 4) is 0 Å². The lowest BCUT2D eigenvalue weighted by Gasteiger charge is -2.25.